The molecule has 1 atom stereocenters. The lowest BCUT2D eigenvalue weighted by Gasteiger charge is -2.39. The molecule has 1 amide bonds. The van der Waals surface area contributed by atoms with Crippen molar-refractivity contribution in [3.8, 4) is 0 Å². The number of carbonyl (C=O) groups is 1. The van der Waals surface area contributed by atoms with E-state index in [1.807, 2.05) is 37.9 Å². The second-order valence-corrected chi connectivity index (χ2v) is 7.86. The van der Waals surface area contributed by atoms with Gasteiger partial charge < -0.3 is 15.0 Å². The number of amides is 1. The smallest absolute Gasteiger partial charge is 0.410 e. The van der Waals surface area contributed by atoms with E-state index in [4.69, 9.17) is 4.74 Å². The largest absolute Gasteiger partial charge is 0.444 e. The quantitative estimate of drug-likeness (QED) is 0.892. The fourth-order valence-corrected chi connectivity index (χ4v) is 3.56. The number of hydrogen-bond acceptors (Lipinski definition) is 5. The number of hydrogen-bond donors (Lipinski definition) is 1. The first-order chi connectivity index (χ1) is 12.0. The zero-order valence-corrected chi connectivity index (χ0v) is 15.6. The number of nitrogens with zero attached hydrogens (tertiary/aromatic N) is 3. The van der Waals surface area contributed by atoms with E-state index in [1.165, 1.54) is 19.3 Å². The average molecular weight is 346 g/mol. The van der Waals surface area contributed by atoms with Crippen LogP contribution in [-0.4, -0.2) is 54.3 Å². The van der Waals surface area contributed by atoms with Crippen molar-refractivity contribution < 1.29 is 9.53 Å². The summed E-state index contributed by atoms with van der Waals surface area (Å²) in [5.74, 6) is 1.02. The summed E-state index contributed by atoms with van der Waals surface area (Å²) >= 11 is 0. The molecule has 138 valence electrons. The van der Waals surface area contributed by atoms with Gasteiger partial charge in [-0.25, -0.2) is 9.78 Å². The molecule has 6 heteroatoms. The number of piperidine rings is 1. The molecule has 2 saturated heterocycles. The van der Waals surface area contributed by atoms with Gasteiger partial charge in [-0.15, -0.1) is 0 Å². The van der Waals surface area contributed by atoms with Gasteiger partial charge in [0.2, 0.25) is 0 Å². The molecule has 3 heterocycles. The van der Waals surface area contributed by atoms with E-state index >= 15 is 0 Å². The van der Waals surface area contributed by atoms with Gasteiger partial charge in [-0.3, -0.25) is 4.90 Å². The lowest BCUT2D eigenvalue weighted by molar-refractivity contribution is 0.0118. The van der Waals surface area contributed by atoms with Gasteiger partial charge in [0, 0.05) is 44.5 Å². The predicted molar refractivity (Wildman–Crippen MR) is 98.9 cm³/mol. The van der Waals surface area contributed by atoms with Crippen LogP contribution in [0.3, 0.4) is 0 Å². The lowest BCUT2D eigenvalue weighted by Crippen LogP contribution is -2.50. The minimum absolute atomic E-state index is 0.0470. The first kappa shape index (κ1) is 18.0. The van der Waals surface area contributed by atoms with E-state index in [-0.39, 0.29) is 12.1 Å². The molecule has 6 nitrogen and oxygen atoms in total. The number of nitrogens with one attached hydrogen (secondary N) is 1. The normalized spacial score (nSPS) is 22.0. The van der Waals surface area contributed by atoms with E-state index in [0.29, 0.717) is 6.54 Å². The molecule has 2 aliphatic rings. The molecule has 2 fully saturated rings. The van der Waals surface area contributed by atoms with Crippen molar-refractivity contribution in [2.24, 2.45) is 0 Å². The monoisotopic (exact) mass is 346 g/mol. The van der Waals surface area contributed by atoms with Crippen molar-refractivity contribution in [3.05, 3.63) is 23.9 Å². The van der Waals surface area contributed by atoms with E-state index in [0.717, 1.165) is 37.6 Å². The number of pyridine rings is 1. The van der Waals surface area contributed by atoms with Crippen LogP contribution >= 0.6 is 0 Å². The highest BCUT2D eigenvalue weighted by atomic mass is 16.6. The van der Waals surface area contributed by atoms with Crippen molar-refractivity contribution in [2.45, 2.75) is 51.7 Å². The van der Waals surface area contributed by atoms with Gasteiger partial charge in [-0.05, 0) is 46.1 Å². The van der Waals surface area contributed by atoms with Gasteiger partial charge in [-0.1, -0.05) is 6.07 Å². The molecule has 1 aromatic heterocycles. The van der Waals surface area contributed by atoms with Crippen molar-refractivity contribution in [1.82, 2.24) is 15.2 Å². The third-order valence-corrected chi connectivity index (χ3v) is 4.70. The van der Waals surface area contributed by atoms with Crippen molar-refractivity contribution in [3.63, 3.8) is 0 Å². The highest BCUT2D eigenvalue weighted by Crippen LogP contribution is 2.31. The molecule has 1 N–H and O–H groups in total. The summed E-state index contributed by atoms with van der Waals surface area (Å²) in [6.07, 6.45) is 5.30. The number of aromatic nitrogens is 1. The third-order valence-electron chi connectivity index (χ3n) is 4.70. The number of piperazine rings is 1. The molecule has 0 saturated carbocycles. The van der Waals surface area contributed by atoms with Gasteiger partial charge >= 0.3 is 6.09 Å². The molecular weight excluding hydrogens is 316 g/mol. The Bertz CT molecular complexity index is 593. The Morgan fingerprint density at radius 2 is 2.00 bits per heavy atom. The number of anilines is 1. The summed E-state index contributed by atoms with van der Waals surface area (Å²) < 4.78 is 5.64. The Labute approximate surface area is 150 Å². The van der Waals surface area contributed by atoms with Gasteiger partial charge in [0.05, 0.1) is 6.04 Å². The molecule has 0 spiro atoms. The minimum Gasteiger partial charge on any atom is -0.444 e. The molecule has 0 aliphatic carbocycles. The predicted octanol–water partition coefficient (Wildman–Crippen LogP) is 2.95. The number of ether oxygens (including phenoxy) is 1. The summed E-state index contributed by atoms with van der Waals surface area (Å²) in [4.78, 5) is 21.6. The van der Waals surface area contributed by atoms with Crippen LogP contribution in [0.25, 0.3) is 0 Å². The zero-order valence-electron chi connectivity index (χ0n) is 15.6. The van der Waals surface area contributed by atoms with Gasteiger partial charge in [0.1, 0.15) is 11.4 Å². The summed E-state index contributed by atoms with van der Waals surface area (Å²) in [5, 5.41) is 3.42. The SMILES string of the molecule is CC(C)(C)OC(=O)N1CCNCC1c1cccnc1N1CCCCC1. The van der Waals surface area contributed by atoms with E-state index in [9.17, 15) is 4.79 Å². The lowest BCUT2D eigenvalue weighted by atomic mass is 10.0. The summed E-state index contributed by atoms with van der Waals surface area (Å²) in [6.45, 7) is 9.96. The Hall–Kier alpha value is -1.82. The maximum Gasteiger partial charge on any atom is 0.410 e. The van der Waals surface area contributed by atoms with Crippen LogP contribution < -0.4 is 10.2 Å². The van der Waals surface area contributed by atoms with Crippen LogP contribution in [0.4, 0.5) is 10.6 Å². The number of rotatable bonds is 2. The van der Waals surface area contributed by atoms with Crippen LogP contribution in [0.15, 0.2) is 18.3 Å². The molecular formula is C19H30N4O2. The molecule has 3 rings (SSSR count). The Balaban J connectivity index is 1.86. The van der Waals surface area contributed by atoms with Gasteiger partial charge in [0.25, 0.3) is 0 Å². The van der Waals surface area contributed by atoms with E-state index in [2.05, 4.69) is 21.3 Å². The summed E-state index contributed by atoms with van der Waals surface area (Å²) in [5.41, 5.74) is 0.624. The molecule has 1 unspecified atom stereocenters. The average Bonchev–Trinajstić information content (AvgIpc) is 2.61. The highest BCUT2D eigenvalue weighted by molar-refractivity contribution is 5.70. The molecule has 2 aliphatic heterocycles. The Morgan fingerprint density at radius 1 is 1.24 bits per heavy atom. The van der Waals surface area contributed by atoms with Gasteiger partial charge in [-0.2, -0.15) is 0 Å². The minimum atomic E-state index is -0.489. The first-order valence-electron chi connectivity index (χ1n) is 9.36. The molecule has 25 heavy (non-hydrogen) atoms. The Kier molecular flexibility index (Phi) is 5.47. The van der Waals surface area contributed by atoms with E-state index in [1.54, 1.807) is 0 Å². The molecule has 0 radical (unpaired) electrons. The summed E-state index contributed by atoms with van der Waals surface area (Å²) in [6, 6.07) is 4.02. The van der Waals surface area contributed by atoms with Gasteiger partial charge in [0.15, 0.2) is 0 Å². The third kappa shape index (κ3) is 4.42. The van der Waals surface area contributed by atoms with Crippen LogP contribution in [0, 0.1) is 0 Å². The first-order valence-corrected chi connectivity index (χ1v) is 9.36. The standard InChI is InChI=1S/C19H30N4O2/c1-19(2,3)25-18(24)23-13-10-20-14-16(23)15-8-7-9-21-17(15)22-11-5-4-6-12-22/h7-9,16,20H,4-6,10-14H2,1-3H3. The van der Waals surface area contributed by atoms with Crippen LogP contribution in [0.5, 0.6) is 0 Å². The molecule has 0 bridgehead atoms. The van der Waals surface area contributed by atoms with E-state index < -0.39 is 5.60 Å². The Morgan fingerprint density at radius 3 is 2.72 bits per heavy atom. The van der Waals surface area contributed by atoms with Crippen molar-refractivity contribution in [2.75, 3.05) is 37.6 Å². The van der Waals surface area contributed by atoms with Crippen LogP contribution in [0.1, 0.15) is 51.6 Å². The zero-order chi connectivity index (χ0) is 17.9. The number of carbonyl (C=O) groups excluding carboxylic acids is 1. The fraction of sp³-hybridized carbons (Fsp3) is 0.684. The molecule has 1 aromatic rings. The van der Waals surface area contributed by atoms with Crippen LogP contribution in [-0.2, 0) is 4.74 Å². The fourth-order valence-electron chi connectivity index (χ4n) is 3.56. The second-order valence-electron chi connectivity index (χ2n) is 7.86. The van der Waals surface area contributed by atoms with Crippen molar-refractivity contribution in [1.29, 1.82) is 0 Å². The van der Waals surface area contributed by atoms with Crippen LogP contribution in [0.2, 0.25) is 0 Å². The van der Waals surface area contributed by atoms with Crippen molar-refractivity contribution >= 4 is 11.9 Å². The second kappa shape index (κ2) is 7.60. The maximum atomic E-state index is 12.7. The maximum absolute atomic E-state index is 12.7. The topological polar surface area (TPSA) is 57.7 Å². The molecule has 0 aromatic carbocycles. The summed E-state index contributed by atoms with van der Waals surface area (Å²) in [7, 11) is 0. The highest BCUT2D eigenvalue weighted by Gasteiger charge is 2.33.